The Labute approximate surface area is 150 Å². The van der Waals surface area contributed by atoms with Gasteiger partial charge in [-0.2, -0.15) is 0 Å². The van der Waals surface area contributed by atoms with E-state index >= 15 is 0 Å². The van der Waals surface area contributed by atoms with E-state index in [1.807, 2.05) is 20.8 Å². The first kappa shape index (κ1) is 17.9. The van der Waals surface area contributed by atoms with Crippen LogP contribution in [0.25, 0.3) is 0 Å². The van der Waals surface area contributed by atoms with E-state index in [0.29, 0.717) is 24.2 Å². The van der Waals surface area contributed by atoms with Gasteiger partial charge in [-0.1, -0.05) is 27.7 Å². The Morgan fingerprint density at radius 1 is 1.12 bits per heavy atom. The van der Waals surface area contributed by atoms with Crippen molar-refractivity contribution in [3.05, 3.63) is 0 Å². The molecule has 142 valence electrons. The maximum atomic E-state index is 12.4. The summed E-state index contributed by atoms with van der Waals surface area (Å²) >= 11 is 0. The fraction of sp³-hybridized carbons (Fsp3) is 0.950. The average Bonchev–Trinajstić information content (AvgIpc) is 2.78. The maximum absolute atomic E-state index is 12.4. The zero-order valence-corrected chi connectivity index (χ0v) is 16.1. The molecule has 0 N–H and O–H groups in total. The lowest BCUT2D eigenvalue weighted by molar-refractivity contribution is -0.570. The van der Waals surface area contributed by atoms with Gasteiger partial charge >= 0.3 is 0 Å². The highest BCUT2D eigenvalue weighted by molar-refractivity contribution is 5.80. The van der Waals surface area contributed by atoms with Crippen LogP contribution in [0.3, 0.4) is 0 Å². The summed E-state index contributed by atoms with van der Waals surface area (Å²) in [5.41, 5.74) is -0.523. The minimum Gasteiger partial charge on any atom is -0.345 e. The van der Waals surface area contributed by atoms with E-state index in [4.69, 9.17) is 19.2 Å². The van der Waals surface area contributed by atoms with Gasteiger partial charge in [0.05, 0.1) is 6.10 Å². The third kappa shape index (κ3) is 2.61. The minimum atomic E-state index is -0.745. The molecule has 4 saturated heterocycles. The summed E-state index contributed by atoms with van der Waals surface area (Å²) in [6, 6.07) is 0. The fourth-order valence-corrected chi connectivity index (χ4v) is 5.65. The Hall–Kier alpha value is -0.490. The molecule has 0 radical (unpaired) electrons. The van der Waals surface area contributed by atoms with E-state index in [-0.39, 0.29) is 23.7 Å². The number of Topliss-reactive ketones (excluding diaryl/α,β-unsaturated/α-hetero) is 1. The van der Waals surface area contributed by atoms with Gasteiger partial charge in [-0.15, -0.1) is 0 Å². The molecule has 0 aromatic rings. The molecule has 5 fully saturated rings. The zero-order valence-electron chi connectivity index (χ0n) is 16.1. The minimum absolute atomic E-state index is 0.0365. The summed E-state index contributed by atoms with van der Waals surface area (Å²) in [6.07, 6.45) is 4.05. The summed E-state index contributed by atoms with van der Waals surface area (Å²) in [7, 11) is 0. The van der Waals surface area contributed by atoms with Gasteiger partial charge < -0.3 is 9.47 Å². The van der Waals surface area contributed by atoms with Crippen LogP contribution in [0.2, 0.25) is 0 Å². The van der Waals surface area contributed by atoms with Crippen molar-refractivity contribution >= 4 is 5.78 Å². The Morgan fingerprint density at radius 2 is 1.88 bits per heavy atom. The molecule has 25 heavy (non-hydrogen) atoms. The molecule has 5 aliphatic rings. The standard InChI is InChI=1S/C20H32O5/c1-11(2)16(21)10-17-13(4)15-7-6-12(3)14-8-9-19(5)23-18(22-17)20(14,15)25-24-19/h11-15,17-18H,6-10H2,1-5H3/t12-,13-,14+,15+,17?,18-,19-,20-/m1/s1. The van der Waals surface area contributed by atoms with Gasteiger partial charge in [-0.05, 0) is 43.9 Å². The van der Waals surface area contributed by atoms with E-state index in [1.165, 1.54) is 6.42 Å². The quantitative estimate of drug-likeness (QED) is 0.722. The van der Waals surface area contributed by atoms with Crippen molar-refractivity contribution < 1.29 is 24.0 Å². The normalized spacial score (nSPS) is 51.9. The molecule has 5 heteroatoms. The van der Waals surface area contributed by atoms with Crippen LogP contribution in [0, 0.1) is 29.6 Å². The molecule has 1 spiro atoms. The van der Waals surface area contributed by atoms with Crippen LogP contribution in [0.4, 0.5) is 0 Å². The molecule has 4 aliphatic heterocycles. The van der Waals surface area contributed by atoms with Crippen molar-refractivity contribution in [1.82, 2.24) is 0 Å². The van der Waals surface area contributed by atoms with Gasteiger partial charge in [0.2, 0.25) is 5.79 Å². The van der Waals surface area contributed by atoms with Crippen LogP contribution in [0.15, 0.2) is 0 Å². The highest BCUT2D eigenvalue weighted by Gasteiger charge is 2.69. The lowest BCUT2D eigenvalue weighted by atomic mass is 9.57. The van der Waals surface area contributed by atoms with Crippen molar-refractivity contribution in [3.63, 3.8) is 0 Å². The molecule has 1 saturated carbocycles. The molecule has 1 unspecified atom stereocenters. The van der Waals surface area contributed by atoms with Crippen molar-refractivity contribution in [2.24, 2.45) is 29.6 Å². The highest BCUT2D eigenvalue weighted by Crippen LogP contribution is 2.60. The topological polar surface area (TPSA) is 54.0 Å². The van der Waals surface area contributed by atoms with E-state index in [9.17, 15) is 4.79 Å². The summed E-state index contributed by atoms with van der Waals surface area (Å²) in [5.74, 6) is 1.06. The Bertz CT molecular complexity index is 548. The fourth-order valence-electron chi connectivity index (χ4n) is 5.65. The lowest BCUT2D eigenvalue weighted by Gasteiger charge is -2.60. The molecule has 4 heterocycles. The Balaban J connectivity index is 1.68. The molecular weight excluding hydrogens is 320 g/mol. The highest BCUT2D eigenvalue weighted by atomic mass is 17.3. The largest absolute Gasteiger partial charge is 0.345 e. The van der Waals surface area contributed by atoms with Crippen molar-refractivity contribution in [2.75, 3.05) is 0 Å². The van der Waals surface area contributed by atoms with Gasteiger partial charge in [-0.3, -0.25) is 4.79 Å². The van der Waals surface area contributed by atoms with Gasteiger partial charge in [0.15, 0.2) is 11.9 Å². The summed E-state index contributed by atoms with van der Waals surface area (Å²) < 4.78 is 12.7. The van der Waals surface area contributed by atoms with Crippen LogP contribution >= 0.6 is 0 Å². The van der Waals surface area contributed by atoms with Crippen LogP contribution in [-0.4, -0.2) is 29.6 Å². The second-order valence-corrected chi connectivity index (χ2v) is 9.27. The number of hydrogen-bond donors (Lipinski definition) is 0. The average molecular weight is 352 g/mol. The van der Waals surface area contributed by atoms with Crippen LogP contribution in [-0.2, 0) is 24.0 Å². The predicted octanol–water partition coefficient (Wildman–Crippen LogP) is 3.85. The summed E-state index contributed by atoms with van der Waals surface area (Å²) in [4.78, 5) is 24.3. The molecule has 1 aliphatic carbocycles. The summed E-state index contributed by atoms with van der Waals surface area (Å²) in [6.45, 7) is 10.4. The molecule has 0 aromatic heterocycles. The number of carbonyl (C=O) groups is 1. The van der Waals surface area contributed by atoms with Crippen LogP contribution in [0.1, 0.15) is 66.7 Å². The SMILES string of the molecule is CC(C)C(=O)CC1O[C@@H]2O[C@@]3(C)CC[C@H]4[C@H](C)CC[C@@H]([C@H]1C)[C@@]24OO3. The number of carbonyl (C=O) groups excluding carboxylic acids is 1. The lowest BCUT2D eigenvalue weighted by Crippen LogP contribution is -2.70. The molecule has 2 bridgehead atoms. The number of rotatable bonds is 3. The van der Waals surface area contributed by atoms with Gasteiger partial charge in [0.25, 0.3) is 0 Å². The monoisotopic (exact) mass is 352 g/mol. The second kappa shape index (κ2) is 6.01. The number of fused-ring (bicyclic) bond motifs is 2. The Morgan fingerprint density at radius 3 is 2.60 bits per heavy atom. The van der Waals surface area contributed by atoms with Crippen LogP contribution < -0.4 is 0 Å². The third-order valence-corrected chi connectivity index (χ3v) is 7.34. The van der Waals surface area contributed by atoms with Crippen molar-refractivity contribution in [2.45, 2.75) is 90.5 Å². The molecule has 5 nitrogen and oxygen atoms in total. The van der Waals surface area contributed by atoms with E-state index < -0.39 is 17.7 Å². The van der Waals surface area contributed by atoms with Crippen molar-refractivity contribution in [1.29, 1.82) is 0 Å². The number of ketones is 1. The summed E-state index contributed by atoms with van der Waals surface area (Å²) in [5, 5.41) is 0. The number of ether oxygens (including phenoxy) is 2. The third-order valence-electron chi connectivity index (χ3n) is 7.34. The van der Waals surface area contributed by atoms with Crippen molar-refractivity contribution in [3.8, 4) is 0 Å². The van der Waals surface area contributed by atoms with Gasteiger partial charge in [0, 0.05) is 24.7 Å². The first-order valence-corrected chi connectivity index (χ1v) is 9.99. The van der Waals surface area contributed by atoms with Gasteiger partial charge in [0.1, 0.15) is 5.78 Å². The van der Waals surface area contributed by atoms with Gasteiger partial charge in [-0.25, -0.2) is 9.78 Å². The smallest absolute Gasteiger partial charge is 0.201 e. The van der Waals surface area contributed by atoms with E-state index in [1.54, 1.807) is 0 Å². The zero-order chi connectivity index (χ0) is 18.0. The first-order valence-electron chi connectivity index (χ1n) is 9.99. The van der Waals surface area contributed by atoms with E-state index in [2.05, 4.69) is 13.8 Å². The first-order chi connectivity index (χ1) is 11.8. The van der Waals surface area contributed by atoms with E-state index in [0.717, 1.165) is 19.3 Å². The predicted molar refractivity (Wildman–Crippen MR) is 91.3 cm³/mol. The molecule has 8 atom stereocenters. The number of hydrogen-bond acceptors (Lipinski definition) is 5. The second-order valence-electron chi connectivity index (χ2n) is 9.27. The molecule has 0 amide bonds. The molecule has 0 aromatic carbocycles. The Kier molecular flexibility index (Phi) is 4.31. The molecular formula is C20H32O5. The maximum Gasteiger partial charge on any atom is 0.201 e. The molecule has 5 rings (SSSR count). The van der Waals surface area contributed by atoms with Crippen LogP contribution in [0.5, 0.6) is 0 Å².